The summed E-state index contributed by atoms with van der Waals surface area (Å²) < 4.78 is 4.31. The molecule has 0 saturated heterocycles. The molecule has 0 aromatic heterocycles. The number of amidine groups is 1. The molecule has 0 atom stereocenters. The number of nitrogens with zero attached hydrogens (tertiary/aromatic N) is 4. The van der Waals surface area contributed by atoms with Crippen LogP contribution in [-0.4, -0.2) is 45.0 Å². The second-order valence-electron chi connectivity index (χ2n) is 6.41. The van der Waals surface area contributed by atoms with Crippen LogP contribution in [-0.2, 0) is 0 Å². The maximum atomic E-state index is 12.5. The Kier molecular flexibility index (Phi) is 5.52. The molecule has 2 aromatic rings. The summed E-state index contributed by atoms with van der Waals surface area (Å²) in [7, 11) is 0. The number of benzene rings is 2. The van der Waals surface area contributed by atoms with Crippen LogP contribution in [0.1, 0.15) is 26.3 Å². The van der Waals surface area contributed by atoms with Gasteiger partial charge in [0.25, 0.3) is 16.8 Å². The number of nitrogens with one attached hydrogen (secondary N) is 1. The van der Waals surface area contributed by atoms with Gasteiger partial charge in [0, 0.05) is 28.3 Å². The number of anilines is 1. The highest BCUT2D eigenvalue weighted by atomic mass is 32.2. The van der Waals surface area contributed by atoms with E-state index in [9.17, 15) is 9.59 Å². The molecule has 9 heteroatoms. The summed E-state index contributed by atoms with van der Waals surface area (Å²) in [4.78, 5) is 29.4. The summed E-state index contributed by atoms with van der Waals surface area (Å²) in [6.45, 7) is 0. The van der Waals surface area contributed by atoms with Crippen LogP contribution >= 0.6 is 11.8 Å². The van der Waals surface area contributed by atoms with Crippen molar-refractivity contribution in [3.05, 3.63) is 77.1 Å². The van der Waals surface area contributed by atoms with E-state index in [2.05, 4.69) is 31.7 Å². The Morgan fingerprint density at radius 2 is 1.90 bits per heavy atom. The first-order valence-electron chi connectivity index (χ1n) is 9.11. The van der Waals surface area contributed by atoms with Crippen LogP contribution in [0, 0.1) is 11.8 Å². The molecule has 3 N–H and O–H groups in total. The monoisotopic (exact) mass is 428 g/mol. The van der Waals surface area contributed by atoms with E-state index < -0.39 is 5.91 Å². The van der Waals surface area contributed by atoms with Gasteiger partial charge < -0.3 is 11.1 Å². The van der Waals surface area contributed by atoms with Crippen molar-refractivity contribution in [3.63, 3.8) is 0 Å². The molecular weight excluding hydrogens is 412 g/mol. The lowest BCUT2D eigenvalue weighted by Gasteiger charge is -2.06. The Hall–Kier alpha value is -4.34. The zero-order chi connectivity index (χ0) is 21.8. The molecule has 2 heterocycles. The Labute approximate surface area is 182 Å². The van der Waals surface area contributed by atoms with Gasteiger partial charge in [0.1, 0.15) is 0 Å². The standard InChI is InChI=1S/C22H14N6O2S/c1-31-20-12-19-27-26-18(28(19)13-24-20)10-5-14-3-2-4-17(11-14)25-22(30)16-8-6-15(7-9-16)21(23)29/h2-4,6-9,11-13H,1H3,(H-2,23,25,29,30)/p+2. The first-order chi connectivity index (χ1) is 15.0. The largest absolute Gasteiger partial charge is 0.469 e. The van der Waals surface area contributed by atoms with Gasteiger partial charge in [0.15, 0.2) is 0 Å². The Morgan fingerprint density at radius 3 is 2.65 bits per heavy atom. The lowest BCUT2D eigenvalue weighted by molar-refractivity contribution is -0.0718. The number of primary amides is 1. The van der Waals surface area contributed by atoms with E-state index >= 15 is 0 Å². The van der Waals surface area contributed by atoms with Gasteiger partial charge in [0.05, 0.1) is 11.2 Å². The molecule has 0 radical (unpaired) electrons. The molecule has 0 aliphatic carbocycles. The molecule has 2 aliphatic rings. The number of rotatable bonds is 3. The van der Waals surface area contributed by atoms with E-state index in [1.165, 1.54) is 23.9 Å². The normalized spacial score (nSPS) is 13.5. The number of hydrogen-bond acceptors (Lipinski definition) is 5. The van der Waals surface area contributed by atoms with Gasteiger partial charge >= 0.3 is 12.2 Å². The summed E-state index contributed by atoms with van der Waals surface area (Å²) in [6, 6.07) is 13.3. The van der Waals surface area contributed by atoms with Crippen molar-refractivity contribution < 1.29 is 14.4 Å². The SMILES string of the molecule is CSC1=[N+]=CN2C(=C1)N=[N+]=C2C#Cc1cccc(NC(=O)c2ccc(C(N)=O)cc2)c1. The molecule has 8 nitrogen and oxygen atoms in total. The van der Waals surface area contributed by atoms with E-state index in [0.717, 1.165) is 5.04 Å². The molecule has 0 saturated carbocycles. The number of thioether (sulfide) groups is 1. The first-order valence-corrected chi connectivity index (χ1v) is 10.3. The minimum absolute atomic E-state index is 0.305. The molecular formula is C22H16N6O2S+2. The summed E-state index contributed by atoms with van der Waals surface area (Å²) in [5.41, 5.74) is 7.27. The topological polar surface area (TPSA) is 116 Å². The molecule has 0 spiro atoms. The highest BCUT2D eigenvalue weighted by Crippen LogP contribution is 2.14. The smallest absolute Gasteiger partial charge is 0.366 e. The van der Waals surface area contributed by atoms with E-state index in [4.69, 9.17) is 5.73 Å². The number of amides is 2. The minimum atomic E-state index is -0.542. The second kappa shape index (κ2) is 8.57. The van der Waals surface area contributed by atoms with Crippen LogP contribution in [0.25, 0.3) is 0 Å². The predicted molar refractivity (Wildman–Crippen MR) is 121 cm³/mol. The molecule has 0 bridgehead atoms. The fourth-order valence-electron chi connectivity index (χ4n) is 2.77. The van der Waals surface area contributed by atoms with Gasteiger partial charge in [-0.2, -0.15) is 0 Å². The molecule has 31 heavy (non-hydrogen) atoms. The molecule has 0 fully saturated rings. The van der Waals surface area contributed by atoms with Gasteiger partial charge in [-0.05, 0) is 48.7 Å². The third-order valence-corrected chi connectivity index (χ3v) is 5.00. The Morgan fingerprint density at radius 1 is 1.13 bits per heavy atom. The highest BCUT2D eigenvalue weighted by Gasteiger charge is 2.35. The van der Waals surface area contributed by atoms with E-state index in [1.54, 1.807) is 41.6 Å². The number of hydrogen-bond donors (Lipinski definition) is 2. The summed E-state index contributed by atoms with van der Waals surface area (Å²) >= 11 is 1.53. The van der Waals surface area contributed by atoms with Crippen molar-refractivity contribution in [2.45, 2.75) is 0 Å². The molecule has 150 valence electrons. The third kappa shape index (κ3) is 4.47. The number of carbonyl (C=O) groups is 2. The van der Waals surface area contributed by atoms with Crippen molar-refractivity contribution >= 4 is 46.5 Å². The molecule has 2 aliphatic heterocycles. The summed E-state index contributed by atoms with van der Waals surface area (Å²) in [5.74, 6) is 6.32. The zero-order valence-electron chi connectivity index (χ0n) is 16.4. The summed E-state index contributed by atoms with van der Waals surface area (Å²) in [5, 5.41) is 7.79. The first kappa shape index (κ1) is 20.0. The number of carbonyl (C=O) groups excluding carboxylic acids is 2. The van der Waals surface area contributed by atoms with E-state index in [0.29, 0.717) is 34.0 Å². The van der Waals surface area contributed by atoms with Gasteiger partial charge in [-0.25, -0.2) is 4.67 Å². The predicted octanol–water partition coefficient (Wildman–Crippen LogP) is 1.48. The second-order valence-corrected chi connectivity index (χ2v) is 7.24. The maximum absolute atomic E-state index is 12.5. The van der Waals surface area contributed by atoms with Gasteiger partial charge in [-0.1, -0.05) is 28.5 Å². The quantitative estimate of drug-likeness (QED) is 0.569. The van der Waals surface area contributed by atoms with Crippen LogP contribution in [0.15, 0.2) is 65.5 Å². The van der Waals surface area contributed by atoms with Gasteiger partial charge in [-0.15, -0.1) is 4.90 Å². The van der Waals surface area contributed by atoms with Crippen molar-refractivity contribution in [1.82, 2.24) is 9.57 Å². The van der Waals surface area contributed by atoms with Gasteiger partial charge in [-0.3, -0.25) is 9.59 Å². The molecule has 2 aromatic carbocycles. The van der Waals surface area contributed by atoms with Crippen molar-refractivity contribution in [2.75, 3.05) is 11.6 Å². The molecule has 0 unspecified atom stereocenters. The van der Waals surface area contributed by atoms with E-state index in [1.807, 2.05) is 18.4 Å². The average molecular weight is 428 g/mol. The van der Waals surface area contributed by atoms with Crippen LogP contribution in [0.4, 0.5) is 5.69 Å². The Bertz CT molecular complexity index is 1320. The lowest BCUT2D eigenvalue weighted by atomic mass is 10.1. The van der Waals surface area contributed by atoms with Crippen LogP contribution < -0.4 is 15.7 Å². The lowest BCUT2D eigenvalue weighted by Crippen LogP contribution is -2.28. The molecule has 4 rings (SSSR count). The number of fused-ring (bicyclic) bond motifs is 1. The maximum Gasteiger partial charge on any atom is 0.469 e. The van der Waals surface area contributed by atoms with Crippen LogP contribution in [0.5, 0.6) is 0 Å². The van der Waals surface area contributed by atoms with E-state index in [-0.39, 0.29) is 5.91 Å². The summed E-state index contributed by atoms with van der Waals surface area (Å²) in [6.07, 6.45) is 5.43. The van der Waals surface area contributed by atoms with Crippen LogP contribution in [0.3, 0.4) is 0 Å². The van der Waals surface area contributed by atoms with Crippen LogP contribution in [0.2, 0.25) is 0 Å². The van der Waals surface area contributed by atoms with Gasteiger partial charge in [0.2, 0.25) is 5.91 Å². The minimum Gasteiger partial charge on any atom is -0.366 e. The molecule has 2 amide bonds. The number of nitrogens with two attached hydrogens (primary N) is 1. The third-order valence-electron chi connectivity index (χ3n) is 4.36. The van der Waals surface area contributed by atoms with Crippen molar-refractivity contribution in [3.8, 4) is 11.8 Å². The fraction of sp³-hybridized carbons (Fsp3) is 0.0455. The van der Waals surface area contributed by atoms with Crippen molar-refractivity contribution in [2.24, 2.45) is 10.8 Å². The zero-order valence-corrected chi connectivity index (χ0v) is 17.2. The average Bonchev–Trinajstić information content (AvgIpc) is 3.20. The van der Waals surface area contributed by atoms with Crippen molar-refractivity contribution in [1.29, 1.82) is 0 Å². The fourth-order valence-corrected chi connectivity index (χ4v) is 3.14. The highest BCUT2D eigenvalue weighted by molar-refractivity contribution is 8.13. The Balaban J connectivity index is 1.47.